The Bertz CT molecular complexity index is 289. The van der Waals surface area contributed by atoms with Gasteiger partial charge in [0.15, 0.2) is 0 Å². The smallest absolute Gasteiger partial charge is 0.0870 e. The molecule has 0 saturated carbocycles. The van der Waals surface area contributed by atoms with Gasteiger partial charge < -0.3 is 0 Å². The van der Waals surface area contributed by atoms with Gasteiger partial charge >= 0.3 is 0 Å². The molecule has 0 aliphatic heterocycles. The van der Waals surface area contributed by atoms with Gasteiger partial charge in [0, 0.05) is 5.41 Å². The molecule has 0 aromatic carbocycles. The standard InChI is InChI=1S/C9H13ClN2/c1-6-5-7(10)8(12-11-6)9(2,3)4/h5H,1-4H3. The largest absolute Gasteiger partial charge is 0.156 e. The SMILES string of the molecule is Cc1cc(Cl)c(C(C)(C)C)nn1. The lowest BCUT2D eigenvalue weighted by molar-refractivity contribution is 0.557. The summed E-state index contributed by atoms with van der Waals surface area (Å²) in [4.78, 5) is 0. The second kappa shape index (κ2) is 3.02. The van der Waals surface area contributed by atoms with Gasteiger partial charge in [0.1, 0.15) is 0 Å². The molecule has 0 atom stereocenters. The van der Waals surface area contributed by atoms with Crippen LogP contribution in [0.4, 0.5) is 0 Å². The number of hydrogen-bond acceptors (Lipinski definition) is 2. The van der Waals surface area contributed by atoms with E-state index in [4.69, 9.17) is 11.6 Å². The van der Waals surface area contributed by atoms with Crippen molar-refractivity contribution in [3.05, 3.63) is 22.5 Å². The van der Waals surface area contributed by atoms with Crippen LogP contribution in [0.15, 0.2) is 6.07 Å². The van der Waals surface area contributed by atoms with Crippen LogP contribution in [0, 0.1) is 6.92 Å². The van der Waals surface area contributed by atoms with Gasteiger partial charge in [-0.2, -0.15) is 10.2 Å². The Balaban J connectivity index is 3.19. The molecule has 66 valence electrons. The zero-order chi connectivity index (χ0) is 9.35. The van der Waals surface area contributed by atoms with Crippen LogP contribution in [0.25, 0.3) is 0 Å². The molecule has 0 amide bonds. The average Bonchev–Trinajstić information content (AvgIpc) is 1.83. The van der Waals surface area contributed by atoms with Crippen molar-refractivity contribution in [1.82, 2.24) is 10.2 Å². The molecule has 0 unspecified atom stereocenters. The van der Waals surface area contributed by atoms with Gasteiger partial charge in [-0.1, -0.05) is 32.4 Å². The van der Waals surface area contributed by atoms with Crippen molar-refractivity contribution < 1.29 is 0 Å². The lowest BCUT2D eigenvalue weighted by atomic mass is 9.92. The number of aryl methyl sites for hydroxylation is 1. The van der Waals surface area contributed by atoms with E-state index in [1.165, 1.54) is 0 Å². The Morgan fingerprint density at radius 3 is 2.25 bits per heavy atom. The van der Waals surface area contributed by atoms with E-state index in [2.05, 4.69) is 31.0 Å². The molecule has 1 heterocycles. The van der Waals surface area contributed by atoms with E-state index in [1.54, 1.807) is 0 Å². The van der Waals surface area contributed by atoms with Crippen molar-refractivity contribution in [1.29, 1.82) is 0 Å². The summed E-state index contributed by atoms with van der Waals surface area (Å²) in [5, 5.41) is 8.74. The minimum atomic E-state index is -0.0300. The van der Waals surface area contributed by atoms with E-state index in [0.29, 0.717) is 5.02 Å². The molecular formula is C9H13ClN2. The van der Waals surface area contributed by atoms with Crippen LogP contribution >= 0.6 is 11.6 Å². The zero-order valence-corrected chi connectivity index (χ0v) is 8.61. The third kappa shape index (κ3) is 1.95. The Morgan fingerprint density at radius 1 is 1.25 bits per heavy atom. The molecule has 2 nitrogen and oxygen atoms in total. The van der Waals surface area contributed by atoms with E-state index in [9.17, 15) is 0 Å². The first kappa shape index (κ1) is 9.46. The number of nitrogens with zero attached hydrogens (tertiary/aromatic N) is 2. The molecule has 1 aromatic rings. The highest BCUT2D eigenvalue weighted by Gasteiger charge is 2.19. The van der Waals surface area contributed by atoms with Gasteiger partial charge in [0.25, 0.3) is 0 Å². The van der Waals surface area contributed by atoms with Crippen molar-refractivity contribution in [3.63, 3.8) is 0 Å². The predicted molar refractivity (Wildman–Crippen MR) is 50.5 cm³/mol. The second-order valence-corrected chi connectivity index (χ2v) is 4.34. The molecule has 0 radical (unpaired) electrons. The Hall–Kier alpha value is -0.630. The quantitative estimate of drug-likeness (QED) is 0.620. The van der Waals surface area contributed by atoms with Crippen molar-refractivity contribution in [3.8, 4) is 0 Å². The highest BCUT2D eigenvalue weighted by Crippen LogP contribution is 2.26. The lowest BCUT2D eigenvalue weighted by Crippen LogP contribution is -2.15. The summed E-state index contributed by atoms with van der Waals surface area (Å²) in [6.07, 6.45) is 0. The minimum absolute atomic E-state index is 0.0300. The summed E-state index contributed by atoms with van der Waals surface area (Å²) >= 11 is 6.01. The third-order valence-corrected chi connectivity index (χ3v) is 1.87. The van der Waals surface area contributed by atoms with Crippen LogP contribution < -0.4 is 0 Å². The molecule has 0 N–H and O–H groups in total. The zero-order valence-electron chi connectivity index (χ0n) is 7.85. The van der Waals surface area contributed by atoms with Crippen molar-refractivity contribution >= 4 is 11.6 Å². The molecule has 12 heavy (non-hydrogen) atoms. The van der Waals surface area contributed by atoms with Gasteiger partial charge in [-0.05, 0) is 13.0 Å². The van der Waals surface area contributed by atoms with E-state index < -0.39 is 0 Å². The van der Waals surface area contributed by atoms with Crippen LogP contribution in [0.1, 0.15) is 32.2 Å². The van der Waals surface area contributed by atoms with Crippen molar-refractivity contribution in [2.24, 2.45) is 0 Å². The van der Waals surface area contributed by atoms with Gasteiger partial charge in [0.2, 0.25) is 0 Å². The Kier molecular flexibility index (Phi) is 2.38. The van der Waals surface area contributed by atoms with E-state index in [1.807, 2.05) is 13.0 Å². The van der Waals surface area contributed by atoms with Crippen LogP contribution in [0.5, 0.6) is 0 Å². The molecule has 0 aliphatic rings. The third-order valence-electron chi connectivity index (χ3n) is 1.58. The number of halogens is 1. The summed E-state index contributed by atoms with van der Waals surface area (Å²) in [6.45, 7) is 8.08. The highest BCUT2D eigenvalue weighted by atomic mass is 35.5. The molecule has 3 heteroatoms. The minimum Gasteiger partial charge on any atom is -0.156 e. The second-order valence-electron chi connectivity index (χ2n) is 3.93. The van der Waals surface area contributed by atoms with Gasteiger partial charge in [-0.3, -0.25) is 0 Å². The maximum atomic E-state index is 6.01. The maximum Gasteiger partial charge on any atom is 0.0870 e. The number of hydrogen-bond donors (Lipinski definition) is 0. The highest BCUT2D eigenvalue weighted by molar-refractivity contribution is 6.31. The predicted octanol–water partition coefficient (Wildman–Crippen LogP) is 2.74. The van der Waals surface area contributed by atoms with E-state index in [-0.39, 0.29) is 5.41 Å². The van der Waals surface area contributed by atoms with Gasteiger partial charge in [-0.25, -0.2) is 0 Å². The number of aromatic nitrogens is 2. The van der Waals surface area contributed by atoms with Gasteiger partial charge in [-0.15, -0.1) is 0 Å². The Labute approximate surface area is 78.0 Å². The lowest BCUT2D eigenvalue weighted by Gasteiger charge is -2.17. The maximum absolute atomic E-state index is 6.01. The van der Waals surface area contributed by atoms with Crippen molar-refractivity contribution in [2.75, 3.05) is 0 Å². The van der Waals surface area contributed by atoms with Crippen molar-refractivity contribution in [2.45, 2.75) is 33.1 Å². The summed E-state index contributed by atoms with van der Waals surface area (Å²) in [5.74, 6) is 0. The van der Waals surface area contributed by atoms with Crippen LogP contribution in [0.3, 0.4) is 0 Å². The summed E-state index contributed by atoms with van der Waals surface area (Å²) in [7, 11) is 0. The fraction of sp³-hybridized carbons (Fsp3) is 0.556. The van der Waals surface area contributed by atoms with Gasteiger partial charge in [0.05, 0.1) is 16.4 Å². The molecule has 0 fully saturated rings. The average molecular weight is 185 g/mol. The first-order chi connectivity index (χ1) is 5.41. The fourth-order valence-corrected chi connectivity index (χ4v) is 1.44. The topological polar surface area (TPSA) is 25.8 Å². The van der Waals surface area contributed by atoms with Crippen LogP contribution in [-0.4, -0.2) is 10.2 Å². The molecule has 0 saturated heterocycles. The Morgan fingerprint density at radius 2 is 1.83 bits per heavy atom. The molecule has 0 spiro atoms. The molecule has 0 bridgehead atoms. The normalized spacial score (nSPS) is 11.8. The molecule has 0 aliphatic carbocycles. The summed E-state index contributed by atoms with van der Waals surface area (Å²) < 4.78 is 0. The van der Waals surface area contributed by atoms with Crippen LogP contribution in [0.2, 0.25) is 5.02 Å². The first-order valence-electron chi connectivity index (χ1n) is 3.91. The summed E-state index contributed by atoms with van der Waals surface area (Å²) in [6, 6.07) is 1.84. The molecule has 1 aromatic heterocycles. The fourth-order valence-electron chi connectivity index (χ4n) is 0.965. The monoisotopic (exact) mass is 184 g/mol. The number of rotatable bonds is 0. The summed E-state index contributed by atoms with van der Waals surface area (Å²) in [5.41, 5.74) is 1.68. The van der Waals surface area contributed by atoms with E-state index >= 15 is 0 Å². The first-order valence-corrected chi connectivity index (χ1v) is 4.29. The molecular weight excluding hydrogens is 172 g/mol. The van der Waals surface area contributed by atoms with E-state index in [0.717, 1.165) is 11.4 Å². The van der Waals surface area contributed by atoms with Crippen LogP contribution in [-0.2, 0) is 5.41 Å². The molecule has 1 rings (SSSR count).